The summed E-state index contributed by atoms with van der Waals surface area (Å²) in [6.45, 7) is 9.06. The lowest BCUT2D eigenvalue weighted by Crippen LogP contribution is -2.19. The minimum absolute atomic E-state index is 0. The molecule has 0 saturated heterocycles. The van der Waals surface area contributed by atoms with Gasteiger partial charge in [0, 0.05) is 50.4 Å². The summed E-state index contributed by atoms with van der Waals surface area (Å²) in [6.07, 6.45) is 14.3. The van der Waals surface area contributed by atoms with Crippen molar-refractivity contribution in [1.29, 1.82) is 0 Å². The van der Waals surface area contributed by atoms with E-state index in [1.807, 2.05) is 42.5 Å². The molecular weight excluding hydrogens is 757 g/mol. The Hall–Kier alpha value is -5.24. The van der Waals surface area contributed by atoms with E-state index < -0.39 is 0 Å². The topological polar surface area (TPSA) is 116 Å². The molecule has 4 unspecified atom stereocenters. The minimum atomic E-state index is 0. The molecule has 8 rings (SSSR count). The molecule has 0 heterocycles. The van der Waals surface area contributed by atoms with Crippen LogP contribution in [0.2, 0.25) is 0 Å². The van der Waals surface area contributed by atoms with Crippen molar-refractivity contribution in [2.75, 3.05) is 28.2 Å². The van der Waals surface area contributed by atoms with E-state index >= 15 is 0 Å². The van der Waals surface area contributed by atoms with Crippen LogP contribution in [0.15, 0.2) is 72.8 Å². The molecular formula is C53H72N4O4. The highest BCUT2D eigenvalue weighted by atomic mass is 16.2. The summed E-state index contributed by atoms with van der Waals surface area (Å²) in [4.78, 5) is 45.9. The lowest BCUT2D eigenvalue weighted by molar-refractivity contribution is 0.0955. The smallest absolute Gasteiger partial charge is 0.251 e. The quantitative estimate of drug-likeness (QED) is 0.164. The summed E-state index contributed by atoms with van der Waals surface area (Å²) in [5, 5.41) is 10.6. The van der Waals surface area contributed by atoms with E-state index in [0.717, 1.165) is 72.6 Å². The summed E-state index contributed by atoms with van der Waals surface area (Å²) < 4.78 is 0. The SMILES string of the molecule is C.CNC(=O)c1ccc2c(c1)C(C)CCC2.CNC(=O)c1ccc2c(c1)CC(C)CC2.CNC(=O)c1ccc2c(c1)CCC(C)C2.CNC(=O)c1ccc2c(c1)CCCC2C. The van der Waals surface area contributed by atoms with Gasteiger partial charge in [-0.2, -0.15) is 0 Å². The lowest BCUT2D eigenvalue weighted by Gasteiger charge is -2.22. The normalized spacial score (nSPS) is 19.1. The van der Waals surface area contributed by atoms with E-state index in [-0.39, 0.29) is 31.1 Å². The van der Waals surface area contributed by atoms with Gasteiger partial charge in [-0.25, -0.2) is 0 Å². The summed E-state index contributed by atoms with van der Waals surface area (Å²) >= 11 is 0. The number of fused-ring (bicyclic) bond motifs is 4. The summed E-state index contributed by atoms with van der Waals surface area (Å²) in [7, 11) is 6.68. The Labute approximate surface area is 366 Å². The highest BCUT2D eigenvalue weighted by molar-refractivity contribution is 5.95. The van der Waals surface area contributed by atoms with Gasteiger partial charge < -0.3 is 21.3 Å². The number of aryl methyl sites for hydroxylation is 4. The van der Waals surface area contributed by atoms with E-state index in [9.17, 15) is 19.2 Å². The average molecular weight is 829 g/mol. The number of hydrogen-bond acceptors (Lipinski definition) is 4. The van der Waals surface area contributed by atoms with Crippen LogP contribution in [0, 0.1) is 11.8 Å². The third kappa shape index (κ3) is 12.9. The average Bonchev–Trinajstić information content (AvgIpc) is 3.28. The van der Waals surface area contributed by atoms with Crippen LogP contribution in [-0.4, -0.2) is 51.8 Å². The van der Waals surface area contributed by atoms with Crippen molar-refractivity contribution >= 4 is 23.6 Å². The van der Waals surface area contributed by atoms with Crippen LogP contribution in [0.25, 0.3) is 0 Å². The highest BCUT2D eigenvalue weighted by Crippen LogP contribution is 2.33. The third-order valence-corrected chi connectivity index (χ3v) is 12.8. The van der Waals surface area contributed by atoms with Crippen LogP contribution in [0.1, 0.15) is 171 Å². The zero-order valence-electron chi connectivity index (χ0n) is 37.4. The zero-order valence-corrected chi connectivity index (χ0v) is 37.4. The molecule has 61 heavy (non-hydrogen) atoms. The number of benzene rings is 4. The molecule has 0 aliphatic heterocycles. The predicted octanol–water partition coefficient (Wildman–Crippen LogP) is 9.95. The molecule has 0 spiro atoms. The first-order chi connectivity index (χ1) is 28.8. The fourth-order valence-corrected chi connectivity index (χ4v) is 9.11. The number of rotatable bonds is 4. The molecule has 4 aliphatic rings. The molecule has 0 saturated carbocycles. The lowest BCUT2D eigenvalue weighted by atomic mass is 9.83. The van der Waals surface area contributed by atoms with Gasteiger partial charge in [-0.3, -0.25) is 19.2 Å². The molecule has 0 fully saturated rings. The first-order valence-corrected chi connectivity index (χ1v) is 22.2. The van der Waals surface area contributed by atoms with Crippen molar-refractivity contribution in [1.82, 2.24) is 21.3 Å². The van der Waals surface area contributed by atoms with Gasteiger partial charge in [-0.15, -0.1) is 0 Å². The molecule has 328 valence electrons. The van der Waals surface area contributed by atoms with Crippen LogP contribution in [0.3, 0.4) is 0 Å². The molecule has 4 aliphatic carbocycles. The monoisotopic (exact) mass is 829 g/mol. The van der Waals surface area contributed by atoms with Gasteiger partial charge in [0.25, 0.3) is 23.6 Å². The van der Waals surface area contributed by atoms with Gasteiger partial charge >= 0.3 is 0 Å². The highest BCUT2D eigenvalue weighted by Gasteiger charge is 2.20. The number of carbonyl (C=O) groups excluding carboxylic acids is 4. The van der Waals surface area contributed by atoms with Crippen molar-refractivity contribution < 1.29 is 19.2 Å². The summed E-state index contributed by atoms with van der Waals surface area (Å²) in [6, 6.07) is 24.3. The number of nitrogens with one attached hydrogen (secondary N) is 4. The molecule has 0 radical (unpaired) electrons. The largest absolute Gasteiger partial charge is 0.355 e. The van der Waals surface area contributed by atoms with Gasteiger partial charge in [0.1, 0.15) is 0 Å². The van der Waals surface area contributed by atoms with Gasteiger partial charge in [0.15, 0.2) is 0 Å². The van der Waals surface area contributed by atoms with Crippen LogP contribution < -0.4 is 21.3 Å². The molecule has 0 bridgehead atoms. The number of carbonyl (C=O) groups is 4. The van der Waals surface area contributed by atoms with E-state index in [0.29, 0.717) is 11.8 Å². The Morgan fingerprint density at radius 1 is 0.410 bits per heavy atom. The fraction of sp³-hybridized carbons (Fsp3) is 0.472. The Morgan fingerprint density at radius 2 is 0.803 bits per heavy atom. The molecule has 4 atom stereocenters. The molecule has 8 heteroatoms. The van der Waals surface area contributed by atoms with Crippen molar-refractivity contribution in [3.63, 3.8) is 0 Å². The summed E-state index contributed by atoms with van der Waals surface area (Å²) in [5.41, 5.74) is 14.2. The zero-order chi connectivity index (χ0) is 43.3. The number of amides is 4. The van der Waals surface area contributed by atoms with E-state index in [1.165, 1.54) is 83.0 Å². The van der Waals surface area contributed by atoms with E-state index in [1.54, 1.807) is 28.2 Å². The Bertz CT molecular complexity index is 2140. The Balaban J connectivity index is 0.000000178. The summed E-state index contributed by atoms with van der Waals surface area (Å²) in [5.74, 6) is 2.81. The second-order valence-electron chi connectivity index (χ2n) is 17.4. The van der Waals surface area contributed by atoms with Crippen molar-refractivity contribution in [2.24, 2.45) is 11.8 Å². The van der Waals surface area contributed by atoms with Crippen LogP contribution in [-0.2, 0) is 38.5 Å². The van der Waals surface area contributed by atoms with E-state index in [4.69, 9.17) is 0 Å². The molecule has 4 aromatic rings. The number of hydrogen-bond donors (Lipinski definition) is 4. The second-order valence-corrected chi connectivity index (χ2v) is 17.4. The van der Waals surface area contributed by atoms with Crippen LogP contribution in [0.5, 0.6) is 0 Å². The van der Waals surface area contributed by atoms with Crippen LogP contribution in [0.4, 0.5) is 0 Å². The van der Waals surface area contributed by atoms with Gasteiger partial charge in [0.2, 0.25) is 0 Å². The van der Waals surface area contributed by atoms with Gasteiger partial charge in [-0.1, -0.05) is 59.4 Å². The van der Waals surface area contributed by atoms with Crippen molar-refractivity contribution in [3.8, 4) is 0 Å². The first kappa shape index (κ1) is 48.4. The van der Waals surface area contributed by atoms with Crippen LogP contribution >= 0.6 is 0 Å². The Kier molecular flexibility index (Phi) is 18.3. The molecule has 4 amide bonds. The minimum Gasteiger partial charge on any atom is -0.355 e. The molecule has 8 nitrogen and oxygen atoms in total. The maximum atomic E-state index is 11.5. The molecule has 0 aromatic heterocycles. The van der Waals surface area contributed by atoms with E-state index in [2.05, 4.69) is 79.3 Å². The molecule has 4 aromatic carbocycles. The standard InChI is InChI=1S/4C13H17NO.CH4/c1-9-3-4-11-8-12(13(15)14-2)6-5-10(11)7-9;1-9-3-4-10-5-6-11(13(15)14-2)8-12(10)7-9;1-9-4-3-5-10-8-11(13(15)14-2)6-7-12(9)10;1-9-4-3-5-10-6-7-11(8-12(9)10)13(15)14-2;/h2*5-6,8-9H,3-4,7H2,1-2H3,(H,14,15);2*6-9H,3-5H2,1-2H3,(H,14,15);1H4. The first-order valence-electron chi connectivity index (χ1n) is 22.2. The third-order valence-electron chi connectivity index (χ3n) is 12.8. The van der Waals surface area contributed by atoms with Crippen molar-refractivity contribution in [2.45, 2.75) is 124 Å². The van der Waals surface area contributed by atoms with Gasteiger partial charge in [-0.05, 0) is 194 Å². The predicted molar refractivity (Wildman–Crippen MR) is 251 cm³/mol. The molecule has 4 N–H and O–H groups in total. The fourth-order valence-electron chi connectivity index (χ4n) is 9.11. The Morgan fingerprint density at radius 3 is 1.34 bits per heavy atom. The van der Waals surface area contributed by atoms with Gasteiger partial charge in [0.05, 0.1) is 0 Å². The maximum Gasteiger partial charge on any atom is 0.251 e. The second kappa shape index (κ2) is 23.1. The van der Waals surface area contributed by atoms with Crippen molar-refractivity contribution in [3.05, 3.63) is 140 Å². The maximum absolute atomic E-state index is 11.5.